The number of hydrogen-bond acceptors (Lipinski definition) is 6. The van der Waals surface area contributed by atoms with Gasteiger partial charge in [0.25, 0.3) is 11.8 Å². The van der Waals surface area contributed by atoms with Gasteiger partial charge in [0.05, 0.1) is 24.9 Å². The zero-order valence-corrected chi connectivity index (χ0v) is 20.9. The Morgan fingerprint density at radius 2 is 1.46 bits per heavy atom. The summed E-state index contributed by atoms with van der Waals surface area (Å²) in [5.41, 5.74) is -1.81. The number of para-hydroxylation sites is 1. The lowest BCUT2D eigenvalue weighted by Gasteiger charge is -2.48. The van der Waals surface area contributed by atoms with Gasteiger partial charge in [-0.05, 0) is 23.3 Å². The predicted molar refractivity (Wildman–Crippen MR) is 138 cm³/mol. The van der Waals surface area contributed by atoms with Crippen LogP contribution in [-0.4, -0.2) is 53.1 Å². The molecule has 0 aliphatic carbocycles. The van der Waals surface area contributed by atoms with E-state index in [9.17, 15) is 19.2 Å². The maximum Gasteiger partial charge on any atom is 0.268 e. The molecule has 196 valence electrons. The summed E-state index contributed by atoms with van der Waals surface area (Å²) < 4.78 is 12.4. The maximum absolute atomic E-state index is 14.4. The number of carbonyl (C=O) groups excluding carboxylic acids is 4. The third-order valence-corrected chi connectivity index (χ3v) is 8.24. The largest absolute Gasteiger partial charge is 0.374 e. The summed E-state index contributed by atoms with van der Waals surface area (Å²) in [7, 11) is 0. The smallest absolute Gasteiger partial charge is 0.268 e. The number of morpholine rings is 1. The van der Waals surface area contributed by atoms with Gasteiger partial charge in [-0.15, -0.1) is 0 Å². The third kappa shape index (κ3) is 3.14. The van der Waals surface area contributed by atoms with Crippen LogP contribution in [0.4, 0.5) is 5.69 Å². The average molecular weight is 524 g/mol. The van der Waals surface area contributed by atoms with Gasteiger partial charge < -0.3 is 14.8 Å². The minimum atomic E-state index is -2.20. The molecule has 0 radical (unpaired) electrons. The van der Waals surface area contributed by atoms with Crippen LogP contribution in [0.3, 0.4) is 0 Å². The molecule has 2 bridgehead atoms. The van der Waals surface area contributed by atoms with Gasteiger partial charge in [-0.3, -0.25) is 24.1 Å². The van der Waals surface area contributed by atoms with Gasteiger partial charge in [-0.2, -0.15) is 0 Å². The van der Waals surface area contributed by atoms with Crippen molar-refractivity contribution in [2.24, 2.45) is 11.8 Å². The maximum atomic E-state index is 14.4. The zero-order valence-electron chi connectivity index (χ0n) is 20.9. The van der Waals surface area contributed by atoms with E-state index < -0.39 is 52.8 Å². The first kappa shape index (κ1) is 23.8. The first-order chi connectivity index (χ1) is 19.0. The van der Waals surface area contributed by atoms with E-state index in [0.717, 1.165) is 16.0 Å². The Kier molecular flexibility index (Phi) is 5.23. The Morgan fingerprint density at radius 1 is 0.846 bits per heavy atom. The Hall–Kier alpha value is -4.34. The molecule has 0 saturated carbocycles. The molecule has 4 aliphatic heterocycles. The van der Waals surface area contributed by atoms with Crippen LogP contribution < -0.4 is 10.2 Å². The summed E-state index contributed by atoms with van der Waals surface area (Å²) in [6.45, 7) is 0.175. The zero-order chi connectivity index (χ0) is 26.8. The second-order valence-electron chi connectivity index (χ2n) is 10.3. The topological polar surface area (TPSA) is 105 Å². The molecule has 4 amide bonds. The first-order valence-electron chi connectivity index (χ1n) is 12.9. The van der Waals surface area contributed by atoms with Crippen LogP contribution in [-0.2, 0) is 35.2 Å². The standard InChI is InChI=1S/C30H25N3O6/c34-25-23-24(26(35)32(25)21-14-8-3-9-15-21)30(27(36)31-16-19-10-4-1-5-11-19)28(37)33-22(20-12-6-2-7-13-20)17-38-18-29(23,33)39-30/h1-15,22-24H,16-18H2,(H,31,36)/t22-,23-,24+,29+,30+/m1/s1. The molecule has 5 atom stereocenters. The monoisotopic (exact) mass is 523 g/mol. The van der Waals surface area contributed by atoms with Crippen LogP contribution in [0.25, 0.3) is 0 Å². The molecule has 4 heterocycles. The van der Waals surface area contributed by atoms with Gasteiger partial charge in [0.15, 0.2) is 5.72 Å². The van der Waals surface area contributed by atoms with E-state index in [1.807, 2.05) is 60.7 Å². The molecule has 1 spiro atoms. The molecule has 9 heteroatoms. The summed E-state index contributed by atoms with van der Waals surface area (Å²) in [5, 5.41) is 2.82. The molecule has 1 N–H and O–H groups in total. The number of imide groups is 1. The average Bonchev–Trinajstić information content (AvgIpc) is 3.54. The minimum Gasteiger partial charge on any atom is -0.374 e. The van der Waals surface area contributed by atoms with Gasteiger partial charge in [-0.1, -0.05) is 78.9 Å². The van der Waals surface area contributed by atoms with Crippen molar-refractivity contribution in [2.75, 3.05) is 18.1 Å². The van der Waals surface area contributed by atoms with Crippen molar-refractivity contribution >= 4 is 29.3 Å². The highest BCUT2D eigenvalue weighted by Crippen LogP contribution is 2.62. The fourth-order valence-corrected chi connectivity index (χ4v) is 6.60. The van der Waals surface area contributed by atoms with Crippen molar-refractivity contribution in [1.29, 1.82) is 0 Å². The van der Waals surface area contributed by atoms with Crippen LogP contribution in [0.1, 0.15) is 17.2 Å². The van der Waals surface area contributed by atoms with Crippen LogP contribution in [0.2, 0.25) is 0 Å². The lowest BCUT2D eigenvalue weighted by Crippen LogP contribution is -2.67. The molecular formula is C30H25N3O6. The molecule has 7 rings (SSSR count). The third-order valence-electron chi connectivity index (χ3n) is 8.24. The second-order valence-corrected chi connectivity index (χ2v) is 10.3. The molecule has 9 nitrogen and oxygen atoms in total. The number of nitrogens with zero attached hydrogens (tertiary/aromatic N) is 2. The van der Waals surface area contributed by atoms with E-state index in [4.69, 9.17) is 9.47 Å². The van der Waals surface area contributed by atoms with E-state index in [0.29, 0.717) is 5.69 Å². The summed E-state index contributed by atoms with van der Waals surface area (Å²) >= 11 is 0. The van der Waals surface area contributed by atoms with Gasteiger partial charge >= 0.3 is 0 Å². The van der Waals surface area contributed by atoms with E-state index in [2.05, 4.69) is 5.32 Å². The number of ether oxygens (including phenoxy) is 2. The van der Waals surface area contributed by atoms with Gasteiger partial charge in [-0.25, -0.2) is 4.90 Å². The van der Waals surface area contributed by atoms with E-state index in [-0.39, 0.29) is 19.8 Å². The SMILES string of the molecule is O=C1[C@@H]2[C@H](C(=O)N1c1ccccc1)[C@@]13COC[C@H](c4ccccc4)N1C(=O)[C@]2(C(=O)NCc1ccccc1)O3. The predicted octanol–water partition coefficient (Wildman–Crippen LogP) is 2.19. The van der Waals surface area contributed by atoms with Crippen LogP contribution in [0.15, 0.2) is 91.0 Å². The van der Waals surface area contributed by atoms with Gasteiger partial charge in [0, 0.05) is 6.54 Å². The van der Waals surface area contributed by atoms with Crippen molar-refractivity contribution in [1.82, 2.24) is 10.2 Å². The van der Waals surface area contributed by atoms with E-state index in [1.54, 1.807) is 30.3 Å². The van der Waals surface area contributed by atoms with Crippen LogP contribution in [0, 0.1) is 11.8 Å². The summed E-state index contributed by atoms with van der Waals surface area (Å²) in [4.78, 5) is 59.0. The Bertz CT molecular complexity index is 1480. The van der Waals surface area contributed by atoms with Gasteiger partial charge in [0.1, 0.15) is 11.8 Å². The highest BCUT2D eigenvalue weighted by molar-refractivity contribution is 6.28. The number of benzene rings is 3. The summed E-state index contributed by atoms with van der Waals surface area (Å²) in [5.74, 6) is -4.91. The molecule has 3 aromatic carbocycles. The number of hydrogen-bond donors (Lipinski definition) is 1. The summed E-state index contributed by atoms with van der Waals surface area (Å²) in [6.07, 6.45) is 0. The molecule has 39 heavy (non-hydrogen) atoms. The molecule has 4 saturated heterocycles. The van der Waals surface area contributed by atoms with Gasteiger partial charge in [0.2, 0.25) is 17.4 Å². The highest BCUT2D eigenvalue weighted by Gasteiger charge is 2.86. The fraction of sp³-hybridized carbons (Fsp3) is 0.267. The molecule has 0 unspecified atom stereocenters. The van der Waals surface area contributed by atoms with Crippen LogP contribution in [0.5, 0.6) is 0 Å². The highest BCUT2D eigenvalue weighted by atomic mass is 16.6. The van der Waals surface area contributed by atoms with E-state index >= 15 is 0 Å². The molecule has 4 fully saturated rings. The van der Waals surface area contributed by atoms with Crippen LogP contribution >= 0.6 is 0 Å². The molecule has 0 aromatic heterocycles. The van der Waals surface area contributed by atoms with Crippen molar-refractivity contribution < 1.29 is 28.7 Å². The number of carbonyl (C=O) groups is 4. The summed E-state index contributed by atoms with van der Waals surface area (Å²) in [6, 6.07) is 26.5. The molecule has 3 aromatic rings. The normalized spacial score (nSPS) is 30.9. The first-order valence-corrected chi connectivity index (χ1v) is 12.9. The quantitative estimate of drug-likeness (QED) is 0.406. The number of fused-ring (bicyclic) bond motifs is 3. The Morgan fingerprint density at radius 3 is 2.15 bits per heavy atom. The van der Waals surface area contributed by atoms with Crippen molar-refractivity contribution in [2.45, 2.75) is 23.9 Å². The second kappa shape index (κ2) is 8.59. The Labute approximate surface area is 224 Å². The Balaban J connectivity index is 1.35. The van der Waals surface area contributed by atoms with E-state index in [1.165, 1.54) is 4.90 Å². The number of rotatable bonds is 5. The number of amides is 4. The lowest BCUT2D eigenvalue weighted by molar-refractivity contribution is -0.206. The van der Waals surface area contributed by atoms with Crippen molar-refractivity contribution in [3.8, 4) is 0 Å². The minimum absolute atomic E-state index is 0.126. The van der Waals surface area contributed by atoms with Crippen molar-refractivity contribution in [3.05, 3.63) is 102 Å². The number of anilines is 1. The number of nitrogens with one attached hydrogen (secondary N) is 1. The lowest BCUT2D eigenvalue weighted by atomic mass is 9.72. The molecular weight excluding hydrogens is 498 g/mol. The molecule has 4 aliphatic rings. The van der Waals surface area contributed by atoms with Crippen molar-refractivity contribution in [3.63, 3.8) is 0 Å². The number of piperidine rings is 1. The fourth-order valence-electron chi connectivity index (χ4n) is 6.60.